The first-order valence-electron chi connectivity index (χ1n) is 11.2. The minimum atomic E-state index is -4.45. The van der Waals surface area contributed by atoms with Crippen LogP contribution in [-0.2, 0) is 23.4 Å². The predicted molar refractivity (Wildman–Crippen MR) is 125 cm³/mol. The fraction of sp³-hybridized carbons (Fsp3) is 0.500. The molecule has 1 aromatic carbocycles. The molecule has 0 radical (unpaired) electrons. The summed E-state index contributed by atoms with van der Waals surface area (Å²) in [5, 5.41) is 12.7. The lowest BCUT2D eigenvalue weighted by molar-refractivity contribution is -0.143. The van der Waals surface area contributed by atoms with Crippen molar-refractivity contribution in [1.82, 2.24) is 14.6 Å². The number of benzene rings is 1. The van der Waals surface area contributed by atoms with E-state index in [1.54, 1.807) is 18.2 Å². The fourth-order valence-electron chi connectivity index (χ4n) is 3.61. The molecule has 0 amide bonds. The first-order valence-corrected chi connectivity index (χ1v) is 12.8. The summed E-state index contributed by atoms with van der Waals surface area (Å²) in [5.74, 6) is -4.70. The lowest BCUT2D eigenvalue weighted by Crippen LogP contribution is -2.43. The zero-order valence-corrected chi connectivity index (χ0v) is 21.1. The lowest BCUT2D eigenvalue weighted by Gasteiger charge is -2.26. The van der Waals surface area contributed by atoms with E-state index in [4.69, 9.17) is 18.5 Å². The number of aromatic nitrogens is 2. The number of aliphatic hydroxyl groups excluding tert-OH is 1. The quantitative estimate of drug-likeness (QED) is 0.280. The number of halogens is 2. The van der Waals surface area contributed by atoms with Gasteiger partial charge >= 0.3 is 25.3 Å². The van der Waals surface area contributed by atoms with E-state index in [9.17, 15) is 32.8 Å². The number of alkyl halides is 2. The standard InChI is InChI=1S/C22H28F2N3O9P/c1-13(2)11-15(19(30)33-3)26-37(32,36-14-7-5-4-6-8-14)34-12-16-18(29)22(23,24)20(35-16)27-10-9-17(28)25-21(27)31/h4-10,13,15-16,18,20,29H,11-12H2,1-3H3,(H,26,32)(H,25,28,31)/t15-,16+,18+,20+,37?/m0/s1. The van der Waals surface area contributed by atoms with Gasteiger partial charge in [0.2, 0.25) is 6.23 Å². The number of hydrogen-bond donors (Lipinski definition) is 3. The zero-order chi connectivity index (χ0) is 27.4. The van der Waals surface area contributed by atoms with Gasteiger partial charge in [0.25, 0.3) is 5.56 Å². The molecule has 1 saturated heterocycles. The van der Waals surface area contributed by atoms with Crippen molar-refractivity contribution < 1.29 is 41.8 Å². The first-order chi connectivity index (χ1) is 17.4. The second-order valence-electron chi connectivity index (χ2n) is 8.70. The Morgan fingerprint density at radius 1 is 1.27 bits per heavy atom. The highest BCUT2D eigenvalue weighted by atomic mass is 31.2. The molecule has 2 aromatic rings. The Morgan fingerprint density at radius 2 is 1.95 bits per heavy atom. The van der Waals surface area contributed by atoms with Crippen LogP contribution < -0.4 is 20.9 Å². The van der Waals surface area contributed by atoms with E-state index < -0.39 is 62.0 Å². The van der Waals surface area contributed by atoms with Crippen LogP contribution in [0.3, 0.4) is 0 Å². The highest BCUT2D eigenvalue weighted by Crippen LogP contribution is 2.48. The van der Waals surface area contributed by atoms with Crippen LogP contribution in [0.15, 0.2) is 52.2 Å². The number of hydrogen-bond acceptors (Lipinski definition) is 9. The summed E-state index contributed by atoms with van der Waals surface area (Å²) >= 11 is 0. The van der Waals surface area contributed by atoms with Crippen LogP contribution in [0.1, 0.15) is 26.5 Å². The van der Waals surface area contributed by atoms with Crippen molar-refractivity contribution in [3.8, 4) is 5.75 Å². The summed E-state index contributed by atoms with van der Waals surface area (Å²) in [7, 11) is -3.31. The van der Waals surface area contributed by atoms with Crippen molar-refractivity contribution in [1.29, 1.82) is 0 Å². The Bertz CT molecular complexity index is 1240. The number of carbonyl (C=O) groups is 1. The third-order valence-electron chi connectivity index (χ3n) is 5.37. The van der Waals surface area contributed by atoms with E-state index in [0.29, 0.717) is 4.57 Å². The minimum Gasteiger partial charge on any atom is -0.468 e. The number of aromatic amines is 1. The van der Waals surface area contributed by atoms with Crippen LogP contribution in [0.25, 0.3) is 0 Å². The second-order valence-corrected chi connectivity index (χ2v) is 10.4. The molecule has 0 spiro atoms. The number of H-pyrrole nitrogens is 1. The average Bonchev–Trinajstić information content (AvgIpc) is 3.05. The number of methoxy groups -OCH3 is 1. The van der Waals surface area contributed by atoms with Crippen LogP contribution >= 0.6 is 7.75 Å². The second kappa shape index (κ2) is 11.7. The van der Waals surface area contributed by atoms with Crippen LogP contribution in [0.4, 0.5) is 8.78 Å². The van der Waals surface area contributed by atoms with Gasteiger partial charge < -0.3 is 19.1 Å². The molecule has 1 unspecified atom stereocenters. The monoisotopic (exact) mass is 547 g/mol. The normalized spacial score (nSPS) is 23.4. The summed E-state index contributed by atoms with van der Waals surface area (Å²) in [6.45, 7) is 2.74. The van der Waals surface area contributed by atoms with Gasteiger partial charge in [-0.15, -0.1) is 0 Å². The fourth-order valence-corrected chi connectivity index (χ4v) is 5.12. The van der Waals surface area contributed by atoms with Crippen molar-refractivity contribution >= 4 is 13.7 Å². The minimum absolute atomic E-state index is 0.0446. The molecule has 3 rings (SSSR count). The number of para-hydroxylation sites is 1. The van der Waals surface area contributed by atoms with Gasteiger partial charge in [-0.1, -0.05) is 32.0 Å². The van der Waals surface area contributed by atoms with Gasteiger partial charge in [-0.2, -0.15) is 13.9 Å². The van der Waals surface area contributed by atoms with Crippen molar-refractivity contribution in [2.75, 3.05) is 13.7 Å². The Morgan fingerprint density at radius 3 is 2.54 bits per heavy atom. The van der Waals surface area contributed by atoms with Crippen molar-refractivity contribution in [3.63, 3.8) is 0 Å². The summed E-state index contributed by atoms with van der Waals surface area (Å²) in [6, 6.07) is 7.46. The molecule has 1 aliphatic heterocycles. The largest absolute Gasteiger partial charge is 0.468 e. The maximum Gasteiger partial charge on any atom is 0.459 e. The SMILES string of the molecule is COC(=O)[C@H](CC(C)C)NP(=O)(OC[C@H]1O[C@@H](n2ccc(=O)[nH]c2=O)C(F)(F)[C@@H]1O)Oc1ccccc1. The van der Waals surface area contributed by atoms with Gasteiger partial charge in [-0.3, -0.25) is 23.7 Å². The third kappa shape index (κ3) is 6.90. The number of rotatable bonds is 11. The van der Waals surface area contributed by atoms with Crippen molar-refractivity contribution in [2.45, 2.75) is 50.7 Å². The highest BCUT2D eigenvalue weighted by molar-refractivity contribution is 7.52. The molecule has 3 N–H and O–H groups in total. The molecule has 0 saturated carbocycles. The first kappa shape index (κ1) is 28.7. The maximum absolute atomic E-state index is 14.8. The van der Waals surface area contributed by atoms with Gasteiger partial charge in [-0.25, -0.2) is 9.36 Å². The summed E-state index contributed by atoms with van der Waals surface area (Å²) in [4.78, 5) is 37.4. The van der Waals surface area contributed by atoms with Gasteiger partial charge in [0.1, 0.15) is 17.9 Å². The van der Waals surface area contributed by atoms with E-state index in [1.807, 2.05) is 18.8 Å². The van der Waals surface area contributed by atoms with Crippen LogP contribution in [0.2, 0.25) is 0 Å². The van der Waals surface area contributed by atoms with Crippen LogP contribution in [0, 0.1) is 5.92 Å². The summed E-state index contributed by atoms with van der Waals surface area (Å²) in [6.07, 6.45) is -5.56. The number of nitrogens with one attached hydrogen (secondary N) is 2. The van der Waals surface area contributed by atoms with Crippen molar-refractivity contribution in [2.24, 2.45) is 5.92 Å². The molecule has 5 atom stereocenters. The number of aliphatic hydroxyl groups is 1. The zero-order valence-electron chi connectivity index (χ0n) is 20.2. The number of esters is 1. The van der Waals surface area contributed by atoms with Gasteiger partial charge in [-0.05, 0) is 24.5 Å². The lowest BCUT2D eigenvalue weighted by atomic mass is 10.1. The average molecular weight is 547 g/mol. The number of nitrogens with zero attached hydrogens (tertiary/aromatic N) is 1. The van der Waals surface area contributed by atoms with Gasteiger partial charge in [0.15, 0.2) is 6.10 Å². The number of ether oxygens (including phenoxy) is 2. The third-order valence-corrected chi connectivity index (χ3v) is 6.94. The molecule has 0 bridgehead atoms. The molecule has 1 aromatic heterocycles. The van der Waals surface area contributed by atoms with E-state index in [-0.39, 0.29) is 18.1 Å². The van der Waals surface area contributed by atoms with Gasteiger partial charge in [0, 0.05) is 12.3 Å². The van der Waals surface area contributed by atoms with Crippen LogP contribution in [0.5, 0.6) is 5.75 Å². The molecular formula is C22H28F2N3O9P. The molecule has 1 fully saturated rings. The Balaban J connectivity index is 1.84. The van der Waals surface area contributed by atoms with E-state index in [2.05, 4.69) is 5.09 Å². The smallest absolute Gasteiger partial charge is 0.459 e. The van der Waals surface area contributed by atoms with E-state index >= 15 is 0 Å². The molecule has 2 heterocycles. The Hall–Kier alpha value is -2.90. The predicted octanol–water partition coefficient (Wildman–Crippen LogP) is 1.81. The maximum atomic E-state index is 14.8. The van der Waals surface area contributed by atoms with Crippen molar-refractivity contribution in [3.05, 3.63) is 63.4 Å². The molecular weight excluding hydrogens is 519 g/mol. The Kier molecular flexibility index (Phi) is 9.03. The summed E-state index contributed by atoms with van der Waals surface area (Å²) in [5.41, 5.74) is -1.99. The van der Waals surface area contributed by atoms with Gasteiger partial charge in [0.05, 0.1) is 13.7 Å². The molecule has 1 aliphatic rings. The molecule has 15 heteroatoms. The highest BCUT2D eigenvalue weighted by Gasteiger charge is 2.60. The molecule has 204 valence electrons. The molecule has 0 aliphatic carbocycles. The number of carbonyl (C=O) groups excluding carboxylic acids is 1. The molecule has 37 heavy (non-hydrogen) atoms. The summed E-state index contributed by atoms with van der Waals surface area (Å²) < 4.78 is 64.6. The van der Waals surface area contributed by atoms with E-state index in [0.717, 1.165) is 19.4 Å². The van der Waals surface area contributed by atoms with Crippen LogP contribution in [-0.4, -0.2) is 58.5 Å². The Labute approximate surface area is 210 Å². The topological polar surface area (TPSA) is 158 Å². The van der Waals surface area contributed by atoms with E-state index in [1.165, 1.54) is 12.1 Å². The molecule has 12 nitrogen and oxygen atoms in total.